The Hall–Kier alpha value is -3.23. The van der Waals surface area contributed by atoms with Crippen LogP contribution in [-0.4, -0.2) is 46.4 Å². The maximum atomic E-state index is 14.8. The summed E-state index contributed by atoms with van der Waals surface area (Å²) in [6, 6.07) is 11.9. The second-order valence-corrected chi connectivity index (χ2v) is 12.1. The molecule has 210 valence electrons. The van der Waals surface area contributed by atoms with Gasteiger partial charge in [0, 0.05) is 28.9 Å². The van der Waals surface area contributed by atoms with Gasteiger partial charge in [-0.05, 0) is 42.5 Å². The molecule has 0 radical (unpaired) electrons. The van der Waals surface area contributed by atoms with Gasteiger partial charge in [-0.3, -0.25) is 14.4 Å². The highest BCUT2D eigenvalue weighted by atomic mass is 35.5. The number of fused-ring (bicyclic) bond motifs is 1. The van der Waals surface area contributed by atoms with E-state index in [2.05, 4.69) is 24.5 Å². The van der Waals surface area contributed by atoms with Crippen LogP contribution in [0.2, 0.25) is 5.02 Å². The molecule has 4 aliphatic rings. The normalized spacial score (nSPS) is 34.1. The predicted molar refractivity (Wildman–Crippen MR) is 149 cm³/mol. The second kappa shape index (κ2) is 10.3. The van der Waals surface area contributed by atoms with Gasteiger partial charge >= 0.3 is 0 Å². The van der Waals surface area contributed by atoms with Crippen LogP contribution in [0.4, 0.5) is 10.1 Å². The number of amides is 3. The Balaban J connectivity index is 1.34. The third-order valence-electron chi connectivity index (χ3n) is 9.35. The number of halogens is 2. The van der Waals surface area contributed by atoms with Gasteiger partial charge in [-0.1, -0.05) is 74.7 Å². The van der Waals surface area contributed by atoms with Crippen molar-refractivity contribution in [3.05, 3.63) is 77.1 Å². The smallest absolute Gasteiger partial charge is 0.246 e. The van der Waals surface area contributed by atoms with Crippen molar-refractivity contribution in [2.45, 2.75) is 63.4 Å². The van der Waals surface area contributed by atoms with Gasteiger partial charge in [0.2, 0.25) is 17.7 Å². The molecule has 1 saturated carbocycles. The monoisotopic (exact) mass is 565 g/mol. The Labute approximate surface area is 238 Å². The minimum atomic E-state index is -1.32. The molecule has 1 spiro atoms. The first kappa shape index (κ1) is 27.0. The van der Waals surface area contributed by atoms with Crippen molar-refractivity contribution in [3.8, 4) is 0 Å². The molecule has 0 unspecified atom stereocenters. The maximum absolute atomic E-state index is 14.8. The quantitative estimate of drug-likeness (QED) is 0.497. The molecule has 3 heterocycles. The van der Waals surface area contributed by atoms with Crippen molar-refractivity contribution in [3.63, 3.8) is 0 Å². The van der Waals surface area contributed by atoms with E-state index in [1.54, 1.807) is 54.6 Å². The molecule has 9 heteroatoms. The van der Waals surface area contributed by atoms with Crippen molar-refractivity contribution in [2.24, 2.45) is 23.7 Å². The van der Waals surface area contributed by atoms with Gasteiger partial charge in [0.15, 0.2) is 0 Å². The molecule has 2 bridgehead atoms. The molecule has 0 aromatic heterocycles. The van der Waals surface area contributed by atoms with Crippen molar-refractivity contribution in [1.29, 1.82) is 0 Å². The Morgan fingerprint density at radius 1 is 1.12 bits per heavy atom. The molecule has 6 rings (SSSR count). The molecule has 8 atom stereocenters. The van der Waals surface area contributed by atoms with Crippen LogP contribution in [0.3, 0.4) is 0 Å². The lowest BCUT2D eigenvalue weighted by molar-refractivity contribution is -0.142. The van der Waals surface area contributed by atoms with Crippen LogP contribution in [0.1, 0.15) is 38.7 Å². The van der Waals surface area contributed by atoms with E-state index in [0.717, 1.165) is 19.3 Å². The van der Waals surface area contributed by atoms with Crippen LogP contribution in [0.25, 0.3) is 0 Å². The van der Waals surface area contributed by atoms with Gasteiger partial charge in [-0.25, -0.2) is 4.39 Å². The summed E-state index contributed by atoms with van der Waals surface area (Å²) in [5, 5.41) is 6.55. The van der Waals surface area contributed by atoms with E-state index in [4.69, 9.17) is 16.3 Å². The molecule has 40 heavy (non-hydrogen) atoms. The molecule has 3 aliphatic heterocycles. The SMILES string of the molecule is C[C@@H]1[C@H](C)CCC[C@@H]1NC(=O)[C@@H]1N(Cc2ccccc2F)C(=O)[C@@H]2[C@@H](C(=O)Nc3cccc(Cl)c3)[C@@H]3C=C[C@]21O3. The third kappa shape index (κ3) is 4.41. The summed E-state index contributed by atoms with van der Waals surface area (Å²) in [4.78, 5) is 43.2. The van der Waals surface area contributed by atoms with E-state index >= 15 is 0 Å². The molecule has 3 fully saturated rings. The molecular formula is C31H33ClFN3O4. The predicted octanol–water partition coefficient (Wildman–Crippen LogP) is 4.71. The van der Waals surface area contributed by atoms with Crippen LogP contribution in [0.15, 0.2) is 60.7 Å². The van der Waals surface area contributed by atoms with E-state index in [9.17, 15) is 18.8 Å². The number of ether oxygens (including phenoxy) is 1. The lowest BCUT2D eigenvalue weighted by atomic mass is 9.73. The summed E-state index contributed by atoms with van der Waals surface area (Å²) < 4.78 is 21.2. The number of rotatable bonds is 6. The zero-order valence-electron chi connectivity index (χ0n) is 22.5. The van der Waals surface area contributed by atoms with Gasteiger partial charge in [-0.15, -0.1) is 0 Å². The molecule has 2 saturated heterocycles. The van der Waals surface area contributed by atoms with E-state index in [0.29, 0.717) is 22.2 Å². The van der Waals surface area contributed by atoms with Crippen LogP contribution >= 0.6 is 11.6 Å². The third-order valence-corrected chi connectivity index (χ3v) is 9.59. The maximum Gasteiger partial charge on any atom is 0.246 e. The Kier molecular flexibility index (Phi) is 6.95. The van der Waals surface area contributed by atoms with Crippen molar-refractivity contribution < 1.29 is 23.5 Å². The second-order valence-electron chi connectivity index (χ2n) is 11.6. The Bertz CT molecular complexity index is 1380. The average molecular weight is 566 g/mol. The molecule has 2 aromatic rings. The van der Waals surface area contributed by atoms with Gasteiger partial charge in [0.1, 0.15) is 17.5 Å². The lowest BCUT2D eigenvalue weighted by Gasteiger charge is -2.38. The van der Waals surface area contributed by atoms with Crippen molar-refractivity contribution >= 4 is 35.0 Å². The highest BCUT2D eigenvalue weighted by molar-refractivity contribution is 6.30. The molecule has 7 nitrogen and oxygen atoms in total. The number of carbonyl (C=O) groups excluding carboxylic acids is 3. The van der Waals surface area contributed by atoms with Crippen molar-refractivity contribution in [2.75, 3.05) is 5.32 Å². The van der Waals surface area contributed by atoms with Crippen LogP contribution in [0.5, 0.6) is 0 Å². The number of nitrogens with one attached hydrogen (secondary N) is 2. The number of benzene rings is 2. The van der Waals surface area contributed by atoms with Gasteiger partial charge in [0.05, 0.1) is 17.9 Å². The van der Waals surface area contributed by atoms with Gasteiger partial charge in [-0.2, -0.15) is 0 Å². The standard InChI is InChI=1S/C31H33ClFN3O4/c1-17-7-5-12-23(18(17)2)35-29(38)27-31-14-13-24(40-31)25(28(37)34-21-10-6-9-20(32)15-21)26(31)30(39)36(27)16-19-8-3-4-11-22(19)33/h3-4,6,8-11,13-15,17-18,23-27H,5,7,12,16H2,1-2H3,(H,34,37)(H,35,38)/t17-,18-,23+,24+,25+,26+,27+,31+/m1/s1. The molecule has 2 aromatic carbocycles. The first-order valence-electron chi connectivity index (χ1n) is 14.0. The number of nitrogens with zero attached hydrogens (tertiary/aromatic N) is 1. The van der Waals surface area contributed by atoms with Gasteiger partial charge in [0.25, 0.3) is 0 Å². The Morgan fingerprint density at radius 3 is 2.70 bits per heavy atom. The summed E-state index contributed by atoms with van der Waals surface area (Å²) >= 11 is 6.10. The van der Waals surface area contributed by atoms with E-state index < -0.39 is 47.2 Å². The first-order valence-corrected chi connectivity index (χ1v) is 14.4. The lowest BCUT2D eigenvalue weighted by Crippen LogP contribution is -2.57. The van der Waals surface area contributed by atoms with Crippen LogP contribution in [-0.2, 0) is 25.7 Å². The fourth-order valence-corrected chi connectivity index (χ4v) is 7.28. The summed E-state index contributed by atoms with van der Waals surface area (Å²) in [6.07, 6.45) is 5.85. The van der Waals surface area contributed by atoms with E-state index in [-0.39, 0.29) is 24.4 Å². The largest absolute Gasteiger partial charge is 0.359 e. The summed E-state index contributed by atoms with van der Waals surface area (Å²) in [6.45, 7) is 4.22. The number of carbonyl (C=O) groups is 3. The zero-order valence-corrected chi connectivity index (χ0v) is 23.2. The summed E-state index contributed by atoms with van der Waals surface area (Å²) in [7, 11) is 0. The van der Waals surface area contributed by atoms with Crippen LogP contribution < -0.4 is 10.6 Å². The van der Waals surface area contributed by atoms with Gasteiger partial charge < -0.3 is 20.3 Å². The summed E-state index contributed by atoms with van der Waals surface area (Å²) in [5.74, 6) is -2.63. The topological polar surface area (TPSA) is 87.7 Å². The summed E-state index contributed by atoms with van der Waals surface area (Å²) in [5.41, 5.74) is -0.526. The highest BCUT2D eigenvalue weighted by Crippen LogP contribution is 2.55. The van der Waals surface area contributed by atoms with E-state index in [1.807, 2.05) is 0 Å². The molecular weight excluding hydrogens is 533 g/mol. The Morgan fingerprint density at radius 2 is 1.93 bits per heavy atom. The fraction of sp³-hybridized carbons (Fsp3) is 0.452. The van der Waals surface area contributed by atoms with Crippen molar-refractivity contribution in [1.82, 2.24) is 10.2 Å². The molecule has 3 amide bonds. The number of anilines is 1. The minimum Gasteiger partial charge on any atom is -0.359 e. The zero-order chi connectivity index (χ0) is 28.2. The number of hydrogen-bond acceptors (Lipinski definition) is 4. The number of hydrogen-bond donors (Lipinski definition) is 2. The molecule has 1 aliphatic carbocycles. The fourth-order valence-electron chi connectivity index (χ4n) is 7.09. The first-order chi connectivity index (χ1) is 19.2. The molecule has 2 N–H and O–H groups in total. The highest BCUT2D eigenvalue weighted by Gasteiger charge is 2.72. The van der Waals surface area contributed by atoms with E-state index in [1.165, 1.54) is 11.0 Å². The minimum absolute atomic E-state index is 0.0402. The number of likely N-dealkylation sites (tertiary alicyclic amines) is 1. The van der Waals surface area contributed by atoms with Crippen LogP contribution in [0, 0.1) is 29.5 Å². The average Bonchev–Trinajstić information content (AvgIpc) is 3.55.